The number of carbonyl (C=O) groups is 1. The molecule has 0 aliphatic rings. The third-order valence-corrected chi connectivity index (χ3v) is 5.15. The molecule has 0 saturated carbocycles. The molecule has 0 radical (unpaired) electrons. The molecule has 0 aromatic heterocycles. The second-order valence-corrected chi connectivity index (χ2v) is 7.65. The molecule has 1 atom stereocenters. The highest BCUT2D eigenvalue weighted by atomic mass is 35.5. The number of nitrogens with two attached hydrogens (primary N) is 1. The van der Waals surface area contributed by atoms with Crippen molar-refractivity contribution < 1.29 is 9.53 Å². The Hall–Kier alpha value is -1.06. The van der Waals surface area contributed by atoms with Crippen LogP contribution in [0.25, 0.3) is 0 Å². The van der Waals surface area contributed by atoms with Gasteiger partial charge in [-0.1, -0.05) is 121 Å². The fraction of sp³-hybridized carbons (Fsp3) is 0.708. The maximum atomic E-state index is 11.9. The second-order valence-electron chi connectivity index (χ2n) is 7.65. The number of hydrogen-bond acceptors (Lipinski definition) is 3. The maximum absolute atomic E-state index is 11.9. The van der Waals surface area contributed by atoms with Gasteiger partial charge in [-0.25, -0.2) is 4.79 Å². The normalized spacial score (nSPS) is 11.6. The molecule has 0 amide bonds. The van der Waals surface area contributed by atoms with Crippen molar-refractivity contribution in [2.45, 2.75) is 103 Å². The minimum absolute atomic E-state index is 0. The molecule has 0 spiro atoms. The van der Waals surface area contributed by atoms with Crippen LogP contribution in [-0.2, 0) is 9.53 Å². The molecule has 0 saturated heterocycles. The Balaban J connectivity index is 0.00000729. The van der Waals surface area contributed by atoms with Gasteiger partial charge < -0.3 is 10.5 Å². The molecular weight excluding hydrogens is 370 g/mol. The highest BCUT2D eigenvalue weighted by molar-refractivity contribution is 5.85. The van der Waals surface area contributed by atoms with Crippen molar-refractivity contribution in [3.05, 3.63) is 35.9 Å². The van der Waals surface area contributed by atoms with E-state index in [0.717, 1.165) is 18.4 Å². The van der Waals surface area contributed by atoms with E-state index in [2.05, 4.69) is 6.92 Å². The van der Waals surface area contributed by atoms with Crippen LogP contribution in [0, 0.1) is 0 Å². The summed E-state index contributed by atoms with van der Waals surface area (Å²) in [6, 6.07) is 8.73. The Morgan fingerprint density at radius 2 is 1.21 bits per heavy atom. The molecule has 162 valence electrons. The molecule has 1 unspecified atom stereocenters. The number of unbranched alkanes of at least 4 members (excludes halogenated alkanes) is 13. The SMILES string of the molecule is CCCCCCCCCCCCCCCCOC(=O)C(N)c1ccccc1.Cl. The molecule has 0 aliphatic heterocycles. The Morgan fingerprint density at radius 3 is 1.68 bits per heavy atom. The zero-order chi connectivity index (χ0) is 19.6. The summed E-state index contributed by atoms with van der Waals surface area (Å²) in [4.78, 5) is 11.9. The van der Waals surface area contributed by atoms with Gasteiger partial charge in [0.2, 0.25) is 0 Å². The van der Waals surface area contributed by atoms with Crippen LogP contribution in [0.3, 0.4) is 0 Å². The number of ether oxygens (including phenoxy) is 1. The van der Waals surface area contributed by atoms with E-state index in [1.165, 1.54) is 77.0 Å². The Morgan fingerprint density at radius 1 is 0.786 bits per heavy atom. The van der Waals surface area contributed by atoms with Crippen molar-refractivity contribution in [3.63, 3.8) is 0 Å². The number of rotatable bonds is 17. The molecule has 1 aromatic carbocycles. The van der Waals surface area contributed by atoms with Crippen molar-refractivity contribution in [1.82, 2.24) is 0 Å². The van der Waals surface area contributed by atoms with Gasteiger partial charge in [-0.2, -0.15) is 0 Å². The highest BCUT2D eigenvalue weighted by Gasteiger charge is 2.16. The van der Waals surface area contributed by atoms with Gasteiger partial charge in [-0.15, -0.1) is 12.4 Å². The van der Waals surface area contributed by atoms with Crippen LogP contribution < -0.4 is 5.73 Å². The summed E-state index contributed by atoms with van der Waals surface area (Å²) in [7, 11) is 0. The van der Waals surface area contributed by atoms with Gasteiger partial charge in [0.15, 0.2) is 0 Å². The first-order valence-corrected chi connectivity index (χ1v) is 11.2. The number of hydrogen-bond donors (Lipinski definition) is 1. The van der Waals surface area contributed by atoms with E-state index in [9.17, 15) is 4.79 Å². The number of halogens is 1. The van der Waals surface area contributed by atoms with Crippen molar-refractivity contribution in [1.29, 1.82) is 0 Å². The van der Waals surface area contributed by atoms with E-state index in [1.54, 1.807) is 0 Å². The van der Waals surface area contributed by atoms with Crippen molar-refractivity contribution >= 4 is 18.4 Å². The van der Waals surface area contributed by atoms with E-state index < -0.39 is 6.04 Å². The van der Waals surface area contributed by atoms with Gasteiger partial charge in [-0.05, 0) is 12.0 Å². The summed E-state index contributed by atoms with van der Waals surface area (Å²) >= 11 is 0. The van der Waals surface area contributed by atoms with Gasteiger partial charge in [0, 0.05) is 0 Å². The van der Waals surface area contributed by atoms with E-state index in [1.807, 2.05) is 30.3 Å². The monoisotopic (exact) mass is 411 g/mol. The Labute approximate surface area is 179 Å². The second kappa shape index (κ2) is 19.3. The predicted octanol–water partition coefficient (Wildman–Crippen LogP) is 7.13. The third kappa shape index (κ3) is 14.0. The van der Waals surface area contributed by atoms with Gasteiger partial charge >= 0.3 is 5.97 Å². The van der Waals surface area contributed by atoms with Crippen molar-refractivity contribution in [2.24, 2.45) is 5.73 Å². The van der Waals surface area contributed by atoms with E-state index in [-0.39, 0.29) is 18.4 Å². The summed E-state index contributed by atoms with van der Waals surface area (Å²) in [6.45, 7) is 2.76. The molecule has 2 N–H and O–H groups in total. The Bertz CT molecular complexity index is 467. The molecule has 3 nitrogen and oxygen atoms in total. The lowest BCUT2D eigenvalue weighted by atomic mass is 10.0. The van der Waals surface area contributed by atoms with E-state index in [0.29, 0.717) is 6.61 Å². The molecule has 4 heteroatoms. The summed E-state index contributed by atoms with van der Waals surface area (Å²) in [5.41, 5.74) is 6.73. The van der Waals surface area contributed by atoms with Crippen LogP contribution in [0.5, 0.6) is 0 Å². The van der Waals surface area contributed by atoms with Crippen LogP contribution >= 0.6 is 12.4 Å². The molecular formula is C24H42ClNO2. The maximum Gasteiger partial charge on any atom is 0.327 e. The first-order valence-electron chi connectivity index (χ1n) is 11.2. The average molecular weight is 412 g/mol. The van der Waals surface area contributed by atoms with Crippen LogP contribution in [-0.4, -0.2) is 12.6 Å². The Kier molecular flexibility index (Phi) is 18.5. The zero-order valence-corrected chi connectivity index (χ0v) is 18.7. The molecule has 0 fully saturated rings. The molecule has 28 heavy (non-hydrogen) atoms. The average Bonchev–Trinajstić information content (AvgIpc) is 2.70. The molecule has 0 bridgehead atoms. The van der Waals surface area contributed by atoms with Crippen molar-refractivity contribution in [3.8, 4) is 0 Å². The van der Waals surface area contributed by atoms with Crippen LogP contribution in [0.4, 0.5) is 0 Å². The summed E-state index contributed by atoms with van der Waals surface area (Å²) in [5, 5.41) is 0. The fourth-order valence-electron chi connectivity index (χ4n) is 3.36. The lowest BCUT2D eigenvalue weighted by Gasteiger charge is -2.11. The summed E-state index contributed by atoms with van der Waals surface area (Å²) in [6.07, 6.45) is 18.5. The van der Waals surface area contributed by atoms with Crippen molar-refractivity contribution in [2.75, 3.05) is 6.61 Å². The molecule has 0 aliphatic carbocycles. The third-order valence-electron chi connectivity index (χ3n) is 5.15. The standard InChI is InChI=1S/C24H41NO2.ClH/c1-2-3-4-5-6-7-8-9-10-11-12-13-14-18-21-27-24(26)23(25)22-19-16-15-17-20-22;/h15-17,19-20,23H,2-14,18,21,25H2,1H3;1H. The number of carbonyl (C=O) groups excluding carboxylic acids is 1. The minimum Gasteiger partial charge on any atom is -0.464 e. The fourth-order valence-corrected chi connectivity index (χ4v) is 3.36. The predicted molar refractivity (Wildman–Crippen MR) is 122 cm³/mol. The lowest BCUT2D eigenvalue weighted by Crippen LogP contribution is -2.24. The van der Waals surface area contributed by atoms with E-state index in [4.69, 9.17) is 10.5 Å². The van der Waals surface area contributed by atoms with Crippen LogP contribution in [0.15, 0.2) is 30.3 Å². The topological polar surface area (TPSA) is 52.3 Å². The molecule has 0 heterocycles. The van der Waals surface area contributed by atoms with Gasteiger partial charge in [0.25, 0.3) is 0 Å². The summed E-state index contributed by atoms with van der Waals surface area (Å²) < 4.78 is 5.30. The van der Waals surface area contributed by atoms with Gasteiger partial charge in [-0.3, -0.25) is 0 Å². The van der Waals surface area contributed by atoms with Crippen LogP contribution in [0.1, 0.15) is 108 Å². The molecule has 1 aromatic rings. The van der Waals surface area contributed by atoms with E-state index >= 15 is 0 Å². The molecule has 1 rings (SSSR count). The number of esters is 1. The summed E-state index contributed by atoms with van der Waals surface area (Å²) in [5.74, 6) is -0.323. The quantitative estimate of drug-likeness (QED) is 0.219. The lowest BCUT2D eigenvalue weighted by molar-refractivity contribution is -0.145. The number of benzene rings is 1. The first-order chi connectivity index (χ1) is 13.3. The van der Waals surface area contributed by atoms with Gasteiger partial charge in [0.1, 0.15) is 6.04 Å². The van der Waals surface area contributed by atoms with Gasteiger partial charge in [0.05, 0.1) is 6.61 Å². The first kappa shape index (κ1) is 26.9. The van der Waals surface area contributed by atoms with Crippen LogP contribution in [0.2, 0.25) is 0 Å². The highest BCUT2D eigenvalue weighted by Crippen LogP contribution is 2.14. The largest absolute Gasteiger partial charge is 0.464 e. The zero-order valence-electron chi connectivity index (χ0n) is 17.9. The minimum atomic E-state index is -0.669. The smallest absolute Gasteiger partial charge is 0.327 e.